The Morgan fingerprint density at radius 2 is 1.46 bits per heavy atom. The van der Waals surface area contributed by atoms with Crippen molar-refractivity contribution in [1.29, 1.82) is 0 Å². The number of hydrogen-bond acceptors (Lipinski definition) is 9. The maximum atomic E-state index is 11.6. The normalized spacial score (nSPS) is 27.0. The minimum absolute atomic E-state index is 0.0503. The number of ether oxygens (including phenoxy) is 5. The molecule has 1 aliphatic rings. The molecule has 1 heterocycles. The molecule has 9 heteroatoms. The zero-order valence-electron chi connectivity index (χ0n) is 17.1. The van der Waals surface area contributed by atoms with E-state index in [1.807, 2.05) is 0 Å². The quantitative estimate of drug-likeness (QED) is 0.305. The van der Waals surface area contributed by atoms with Gasteiger partial charge in [-0.15, -0.1) is 0 Å². The van der Waals surface area contributed by atoms with E-state index >= 15 is 0 Å². The van der Waals surface area contributed by atoms with Crippen LogP contribution in [0.5, 0.6) is 0 Å². The van der Waals surface area contributed by atoms with E-state index in [4.69, 9.17) is 23.7 Å². The Hall–Kier alpha value is -2.00. The van der Waals surface area contributed by atoms with Crippen molar-refractivity contribution in [3.05, 3.63) is 0 Å². The second-order valence-corrected chi connectivity index (χ2v) is 6.88. The largest absolute Gasteiger partial charge is 0.463 e. The maximum absolute atomic E-state index is 11.6. The summed E-state index contributed by atoms with van der Waals surface area (Å²) in [6, 6.07) is 0. The zero-order chi connectivity index (χ0) is 21.3. The van der Waals surface area contributed by atoms with Gasteiger partial charge in [-0.25, -0.2) is 0 Å². The SMILES string of the molecule is CC(=O)CCCCOC1OC(COC(C)=O)[C@@H](C)C(OC(C)=O)[C@@H]1OC(C)=O. The van der Waals surface area contributed by atoms with Crippen LogP contribution in [0.1, 0.15) is 53.9 Å². The first-order valence-corrected chi connectivity index (χ1v) is 9.36. The standard InChI is InChI=1S/C19H30O9/c1-11(20)8-6-7-9-24-19-18(27-15(5)23)17(26-14(4)22)12(2)16(28-19)10-25-13(3)21/h12,16-19H,6-10H2,1-5H3/t12-,16?,17?,18+,19?/m1/s1. The molecule has 0 aromatic heterocycles. The van der Waals surface area contributed by atoms with Gasteiger partial charge in [0.25, 0.3) is 0 Å². The molecule has 28 heavy (non-hydrogen) atoms. The highest BCUT2D eigenvalue weighted by molar-refractivity contribution is 5.75. The van der Waals surface area contributed by atoms with E-state index < -0.39 is 48.4 Å². The first-order valence-electron chi connectivity index (χ1n) is 9.36. The lowest BCUT2D eigenvalue weighted by Crippen LogP contribution is -2.58. The van der Waals surface area contributed by atoms with Crippen molar-refractivity contribution in [1.82, 2.24) is 0 Å². The molecular weight excluding hydrogens is 372 g/mol. The molecule has 0 N–H and O–H groups in total. The van der Waals surface area contributed by atoms with Crippen molar-refractivity contribution < 1.29 is 42.9 Å². The highest BCUT2D eigenvalue weighted by atomic mass is 16.7. The molecule has 0 aromatic carbocycles. The molecule has 1 saturated heterocycles. The average molecular weight is 402 g/mol. The van der Waals surface area contributed by atoms with Crippen LogP contribution in [0.4, 0.5) is 0 Å². The van der Waals surface area contributed by atoms with Crippen LogP contribution in [0, 0.1) is 5.92 Å². The van der Waals surface area contributed by atoms with E-state index in [9.17, 15) is 19.2 Å². The summed E-state index contributed by atoms with van der Waals surface area (Å²) in [5.74, 6) is -1.89. The number of esters is 3. The third-order valence-corrected chi connectivity index (χ3v) is 4.27. The van der Waals surface area contributed by atoms with Crippen LogP contribution in [0.2, 0.25) is 0 Å². The highest BCUT2D eigenvalue weighted by Crippen LogP contribution is 2.31. The van der Waals surface area contributed by atoms with Crippen LogP contribution in [0.3, 0.4) is 0 Å². The average Bonchev–Trinajstić information content (AvgIpc) is 2.57. The summed E-state index contributed by atoms with van der Waals surface area (Å²) in [5.41, 5.74) is 0. The summed E-state index contributed by atoms with van der Waals surface area (Å²) < 4.78 is 27.3. The number of rotatable bonds is 10. The van der Waals surface area contributed by atoms with Gasteiger partial charge >= 0.3 is 17.9 Å². The molecule has 0 bridgehead atoms. The molecule has 160 valence electrons. The first-order chi connectivity index (χ1) is 13.1. The molecule has 9 nitrogen and oxygen atoms in total. The molecule has 5 atom stereocenters. The second kappa shape index (κ2) is 11.8. The fourth-order valence-corrected chi connectivity index (χ4v) is 2.92. The van der Waals surface area contributed by atoms with Crippen molar-refractivity contribution in [2.45, 2.75) is 78.5 Å². The van der Waals surface area contributed by atoms with Gasteiger partial charge < -0.3 is 28.5 Å². The van der Waals surface area contributed by atoms with E-state index in [1.165, 1.54) is 27.7 Å². The van der Waals surface area contributed by atoms with Gasteiger partial charge in [-0.2, -0.15) is 0 Å². The Morgan fingerprint density at radius 1 is 0.857 bits per heavy atom. The van der Waals surface area contributed by atoms with Crippen LogP contribution in [0.25, 0.3) is 0 Å². The molecule has 1 fully saturated rings. The van der Waals surface area contributed by atoms with E-state index in [-0.39, 0.29) is 19.0 Å². The molecular formula is C19H30O9. The monoisotopic (exact) mass is 402 g/mol. The molecule has 1 aliphatic heterocycles. The van der Waals surface area contributed by atoms with Gasteiger partial charge in [0.05, 0.1) is 0 Å². The fraction of sp³-hybridized carbons (Fsp3) is 0.789. The molecule has 0 radical (unpaired) electrons. The molecule has 0 aliphatic carbocycles. The minimum atomic E-state index is -0.998. The lowest BCUT2D eigenvalue weighted by molar-refractivity contribution is -0.294. The van der Waals surface area contributed by atoms with Gasteiger partial charge in [0.2, 0.25) is 0 Å². The molecule has 1 rings (SSSR count). The van der Waals surface area contributed by atoms with Crippen molar-refractivity contribution in [3.63, 3.8) is 0 Å². The topological polar surface area (TPSA) is 114 Å². The number of carbonyl (C=O) groups excluding carboxylic acids is 4. The Bertz CT molecular complexity index is 560. The van der Waals surface area contributed by atoms with Gasteiger partial charge in [-0.3, -0.25) is 14.4 Å². The molecule has 0 saturated carbocycles. The number of Topliss-reactive ketones (excluding diaryl/α,β-unsaturated/α-hetero) is 1. The first kappa shape index (κ1) is 24.0. The Kier molecular flexibility index (Phi) is 10.1. The number of unbranched alkanes of at least 4 members (excludes halogenated alkanes) is 1. The van der Waals surface area contributed by atoms with E-state index in [2.05, 4.69) is 0 Å². The summed E-state index contributed by atoms with van der Waals surface area (Å²) >= 11 is 0. The van der Waals surface area contributed by atoms with Gasteiger partial charge in [0, 0.05) is 39.7 Å². The van der Waals surface area contributed by atoms with Crippen LogP contribution in [-0.4, -0.2) is 61.5 Å². The van der Waals surface area contributed by atoms with Crippen molar-refractivity contribution in [2.24, 2.45) is 5.92 Å². The van der Waals surface area contributed by atoms with E-state index in [0.29, 0.717) is 19.3 Å². The number of hydrogen-bond donors (Lipinski definition) is 0. The van der Waals surface area contributed by atoms with Crippen molar-refractivity contribution in [2.75, 3.05) is 13.2 Å². The Balaban J connectivity index is 2.89. The third-order valence-electron chi connectivity index (χ3n) is 4.27. The van der Waals surface area contributed by atoms with Gasteiger partial charge in [0.15, 0.2) is 12.4 Å². The van der Waals surface area contributed by atoms with Gasteiger partial charge in [-0.1, -0.05) is 6.92 Å². The van der Waals surface area contributed by atoms with Crippen LogP contribution in [-0.2, 0) is 42.9 Å². The van der Waals surface area contributed by atoms with Crippen LogP contribution >= 0.6 is 0 Å². The van der Waals surface area contributed by atoms with Crippen molar-refractivity contribution >= 4 is 23.7 Å². The maximum Gasteiger partial charge on any atom is 0.303 e. The highest BCUT2D eigenvalue weighted by Gasteiger charge is 2.48. The smallest absolute Gasteiger partial charge is 0.303 e. The Labute approximate surface area is 165 Å². The second-order valence-electron chi connectivity index (χ2n) is 6.88. The summed E-state index contributed by atoms with van der Waals surface area (Å²) in [7, 11) is 0. The van der Waals surface area contributed by atoms with Crippen LogP contribution in [0.15, 0.2) is 0 Å². The predicted molar refractivity (Wildman–Crippen MR) is 96.1 cm³/mol. The van der Waals surface area contributed by atoms with Gasteiger partial charge in [0.1, 0.15) is 24.6 Å². The molecule has 3 unspecified atom stereocenters. The number of ketones is 1. The molecule has 0 aromatic rings. The fourth-order valence-electron chi connectivity index (χ4n) is 2.92. The van der Waals surface area contributed by atoms with Crippen LogP contribution < -0.4 is 0 Å². The lowest BCUT2D eigenvalue weighted by atomic mass is 9.90. The number of carbonyl (C=O) groups is 4. The lowest BCUT2D eigenvalue weighted by Gasteiger charge is -2.43. The molecule has 0 amide bonds. The predicted octanol–water partition coefficient (Wildman–Crippen LogP) is 1.55. The summed E-state index contributed by atoms with van der Waals surface area (Å²) in [6.07, 6.45) is -1.68. The van der Waals surface area contributed by atoms with Gasteiger partial charge in [-0.05, 0) is 19.8 Å². The van der Waals surface area contributed by atoms with E-state index in [1.54, 1.807) is 6.92 Å². The zero-order valence-corrected chi connectivity index (χ0v) is 17.1. The summed E-state index contributed by atoms with van der Waals surface area (Å²) in [4.78, 5) is 45.3. The van der Waals surface area contributed by atoms with E-state index in [0.717, 1.165) is 0 Å². The third kappa shape index (κ3) is 8.35. The summed E-state index contributed by atoms with van der Waals surface area (Å²) in [6.45, 7) is 7.26. The van der Waals surface area contributed by atoms with Crippen molar-refractivity contribution in [3.8, 4) is 0 Å². The Morgan fingerprint density at radius 3 is 2.00 bits per heavy atom. The molecule has 0 spiro atoms. The minimum Gasteiger partial charge on any atom is -0.463 e. The summed E-state index contributed by atoms with van der Waals surface area (Å²) in [5, 5.41) is 0.